The van der Waals surface area contributed by atoms with Gasteiger partial charge in [0, 0.05) is 38.1 Å². The standard InChI is InChI=1S/C13H21N3O2S/c1-10(2)7-15-3-5-16(6-4-15)8-12-14-11(9-19-12)13(17)18/h9-10H,3-8H2,1-2H3,(H,17,18). The number of hydrogen-bond donors (Lipinski definition) is 1. The van der Waals surface area contributed by atoms with Crippen molar-refractivity contribution in [2.75, 3.05) is 32.7 Å². The number of piperazine rings is 1. The second-order valence-electron chi connectivity index (χ2n) is 5.40. The summed E-state index contributed by atoms with van der Waals surface area (Å²) < 4.78 is 0. The van der Waals surface area contributed by atoms with Crippen LogP contribution in [0.2, 0.25) is 0 Å². The number of aromatic nitrogens is 1. The van der Waals surface area contributed by atoms with E-state index >= 15 is 0 Å². The Balaban J connectivity index is 1.80. The third-order valence-electron chi connectivity index (χ3n) is 3.22. The van der Waals surface area contributed by atoms with Gasteiger partial charge in [0.1, 0.15) is 5.01 Å². The number of carboxylic acids is 1. The molecule has 0 aliphatic carbocycles. The van der Waals surface area contributed by atoms with E-state index in [1.54, 1.807) is 5.38 Å². The molecule has 0 atom stereocenters. The molecule has 1 aromatic heterocycles. The first-order chi connectivity index (χ1) is 9.04. The quantitative estimate of drug-likeness (QED) is 0.890. The van der Waals surface area contributed by atoms with E-state index in [0.29, 0.717) is 5.92 Å². The van der Waals surface area contributed by atoms with E-state index in [9.17, 15) is 4.79 Å². The van der Waals surface area contributed by atoms with E-state index in [1.807, 2.05) is 0 Å². The Bertz CT molecular complexity index is 425. The molecule has 1 aliphatic rings. The first-order valence-electron chi connectivity index (χ1n) is 6.67. The lowest BCUT2D eigenvalue weighted by atomic mass is 10.2. The van der Waals surface area contributed by atoms with Gasteiger partial charge in [-0.15, -0.1) is 11.3 Å². The van der Waals surface area contributed by atoms with Gasteiger partial charge in [0.2, 0.25) is 0 Å². The summed E-state index contributed by atoms with van der Waals surface area (Å²) in [5.41, 5.74) is 0.165. The molecular weight excluding hydrogens is 262 g/mol. The highest BCUT2D eigenvalue weighted by molar-refractivity contribution is 7.09. The van der Waals surface area contributed by atoms with Crippen LogP contribution in [0.4, 0.5) is 0 Å². The summed E-state index contributed by atoms with van der Waals surface area (Å²) in [7, 11) is 0. The zero-order valence-electron chi connectivity index (χ0n) is 11.5. The molecule has 0 radical (unpaired) electrons. The van der Waals surface area contributed by atoms with Crippen LogP contribution in [0, 0.1) is 5.92 Å². The summed E-state index contributed by atoms with van der Waals surface area (Å²) in [6.45, 7) is 10.7. The van der Waals surface area contributed by atoms with Gasteiger partial charge in [-0.05, 0) is 5.92 Å². The largest absolute Gasteiger partial charge is 0.476 e. The molecule has 1 aliphatic heterocycles. The number of thiazole rings is 1. The van der Waals surface area contributed by atoms with Crippen LogP contribution in [0.3, 0.4) is 0 Å². The van der Waals surface area contributed by atoms with Gasteiger partial charge in [-0.3, -0.25) is 4.90 Å². The zero-order chi connectivity index (χ0) is 13.8. The molecule has 19 heavy (non-hydrogen) atoms. The third-order valence-corrected chi connectivity index (χ3v) is 4.05. The van der Waals surface area contributed by atoms with E-state index in [-0.39, 0.29) is 5.69 Å². The average molecular weight is 283 g/mol. The van der Waals surface area contributed by atoms with Crippen molar-refractivity contribution < 1.29 is 9.90 Å². The van der Waals surface area contributed by atoms with Gasteiger partial charge >= 0.3 is 5.97 Å². The molecule has 0 aromatic carbocycles. The molecule has 0 amide bonds. The number of rotatable bonds is 5. The predicted octanol–water partition coefficient (Wildman–Crippen LogP) is 1.61. The fourth-order valence-electron chi connectivity index (χ4n) is 2.32. The minimum atomic E-state index is -0.941. The number of nitrogens with zero attached hydrogens (tertiary/aromatic N) is 3. The van der Waals surface area contributed by atoms with E-state index in [2.05, 4.69) is 28.6 Å². The number of hydrogen-bond acceptors (Lipinski definition) is 5. The van der Waals surface area contributed by atoms with Crippen molar-refractivity contribution in [1.82, 2.24) is 14.8 Å². The number of carboxylic acid groups (broad SMARTS) is 1. The molecule has 0 saturated carbocycles. The predicted molar refractivity (Wildman–Crippen MR) is 75.6 cm³/mol. The van der Waals surface area contributed by atoms with Gasteiger partial charge in [-0.2, -0.15) is 0 Å². The maximum atomic E-state index is 10.8. The van der Waals surface area contributed by atoms with Crippen molar-refractivity contribution in [3.05, 3.63) is 16.1 Å². The molecule has 1 N–H and O–H groups in total. The molecule has 106 valence electrons. The molecule has 2 heterocycles. The van der Waals surface area contributed by atoms with Gasteiger partial charge in [0.05, 0.1) is 6.54 Å². The fourth-order valence-corrected chi connectivity index (χ4v) is 3.13. The highest BCUT2D eigenvalue weighted by atomic mass is 32.1. The molecule has 0 unspecified atom stereocenters. The second-order valence-corrected chi connectivity index (χ2v) is 6.34. The fraction of sp³-hybridized carbons (Fsp3) is 0.692. The Kier molecular flexibility index (Phi) is 4.90. The molecule has 6 heteroatoms. The lowest BCUT2D eigenvalue weighted by Gasteiger charge is -2.35. The number of carbonyl (C=O) groups is 1. The van der Waals surface area contributed by atoms with Crippen LogP contribution >= 0.6 is 11.3 Å². The summed E-state index contributed by atoms with van der Waals surface area (Å²) in [5, 5.41) is 11.4. The summed E-state index contributed by atoms with van der Waals surface area (Å²) in [6.07, 6.45) is 0. The number of aromatic carboxylic acids is 1. The molecule has 1 aromatic rings. The minimum absolute atomic E-state index is 0.165. The molecule has 2 rings (SSSR count). The Morgan fingerprint density at radius 2 is 2.00 bits per heavy atom. The molecule has 0 bridgehead atoms. The Morgan fingerprint density at radius 3 is 2.53 bits per heavy atom. The molecular formula is C13H21N3O2S. The van der Waals surface area contributed by atoms with Crippen molar-refractivity contribution in [3.8, 4) is 0 Å². The lowest BCUT2D eigenvalue weighted by molar-refractivity contribution is 0.0690. The van der Waals surface area contributed by atoms with Crippen molar-refractivity contribution >= 4 is 17.3 Å². The monoisotopic (exact) mass is 283 g/mol. The summed E-state index contributed by atoms with van der Waals surface area (Å²) in [5.74, 6) is -0.229. The van der Waals surface area contributed by atoms with Crippen molar-refractivity contribution in [1.29, 1.82) is 0 Å². The maximum absolute atomic E-state index is 10.8. The highest BCUT2D eigenvalue weighted by Crippen LogP contribution is 2.14. The van der Waals surface area contributed by atoms with E-state index < -0.39 is 5.97 Å². The lowest BCUT2D eigenvalue weighted by Crippen LogP contribution is -2.46. The normalized spacial score (nSPS) is 18.1. The summed E-state index contributed by atoms with van der Waals surface area (Å²) in [6, 6.07) is 0. The molecule has 0 spiro atoms. The van der Waals surface area contributed by atoms with Crippen molar-refractivity contribution in [2.45, 2.75) is 20.4 Å². The first-order valence-corrected chi connectivity index (χ1v) is 7.55. The van der Waals surface area contributed by atoms with Gasteiger partial charge in [-0.25, -0.2) is 9.78 Å². The Labute approximate surface area is 117 Å². The van der Waals surface area contributed by atoms with E-state index in [0.717, 1.165) is 44.3 Å². The average Bonchev–Trinajstić information content (AvgIpc) is 2.80. The van der Waals surface area contributed by atoms with Crippen LogP contribution in [-0.2, 0) is 6.54 Å². The van der Waals surface area contributed by atoms with Crippen LogP contribution < -0.4 is 0 Å². The molecule has 1 fully saturated rings. The highest BCUT2D eigenvalue weighted by Gasteiger charge is 2.19. The first kappa shape index (κ1) is 14.4. The third kappa shape index (κ3) is 4.26. The van der Waals surface area contributed by atoms with E-state index in [1.165, 1.54) is 11.3 Å². The Hall–Kier alpha value is -0.980. The maximum Gasteiger partial charge on any atom is 0.355 e. The van der Waals surface area contributed by atoms with Crippen LogP contribution in [0.15, 0.2) is 5.38 Å². The van der Waals surface area contributed by atoms with Crippen LogP contribution in [-0.4, -0.2) is 58.6 Å². The van der Waals surface area contributed by atoms with Crippen LogP contribution in [0.5, 0.6) is 0 Å². The second kappa shape index (κ2) is 6.45. The smallest absolute Gasteiger partial charge is 0.355 e. The van der Waals surface area contributed by atoms with Crippen molar-refractivity contribution in [3.63, 3.8) is 0 Å². The van der Waals surface area contributed by atoms with Gasteiger partial charge in [0.15, 0.2) is 5.69 Å². The SMILES string of the molecule is CC(C)CN1CCN(Cc2nc(C(=O)O)cs2)CC1. The summed E-state index contributed by atoms with van der Waals surface area (Å²) in [4.78, 5) is 19.8. The molecule has 1 saturated heterocycles. The van der Waals surface area contributed by atoms with Gasteiger partial charge < -0.3 is 10.0 Å². The van der Waals surface area contributed by atoms with Crippen LogP contribution in [0.1, 0.15) is 29.3 Å². The zero-order valence-corrected chi connectivity index (χ0v) is 12.3. The van der Waals surface area contributed by atoms with Gasteiger partial charge in [0.25, 0.3) is 0 Å². The minimum Gasteiger partial charge on any atom is -0.476 e. The summed E-state index contributed by atoms with van der Waals surface area (Å²) >= 11 is 1.44. The van der Waals surface area contributed by atoms with Gasteiger partial charge in [-0.1, -0.05) is 13.8 Å². The van der Waals surface area contributed by atoms with E-state index in [4.69, 9.17) is 5.11 Å². The van der Waals surface area contributed by atoms with Crippen molar-refractivity contribution in [2.24, 2.45) is 5.92 Å². The topological polar surface area (TPSA) is 56.7 Å². The van der Waals surface area contributed by atoms with Crippen LogP contribution in [0.25, 0.3) is 0 Å². The Morgan fingerprint density at radius 1 is 1.37 bits per heavy atom. The molecule has 5 nitrogen and oxygen atoms in total.